The van der Waals surface area contributed by atoms with E-state index in [2.05, 4.69) is 10.1 Å². The van der Waals surface area contributed by atoms with Gasteiger partial charge in [-0.3, -0.25) is 9.48 Å². The van der Waals surface area contributed by atoms with Gasteiger partial charge in [-0.25, -0.2) is 0 Å². The van der Waals surface area contributed by atoms with Crippen molar-refractivity contribution >= 4 is 17.3 Å². The van der Waals surface area contributed by atoms with Gasteiger partial charge in [0.15, 0.2) is 6.29 Å². The van der Waals surface area contributed by atoms with Crippen LogP contribution < -0.4 is 0 Å². The molecule has 4 nitrogen and oxygen atoms in total. The summed E-state index contributed by atoms with van der Waals surface area (Å²) in [6.45, 7) is 0. The second kappa shape index (κ2) is 1.95. The molecule has 0 bridgehead atoms. The molecule has 0 saturated carbocycles. The number of aromatic amines is 1. The van der Waals surface area contributed by atoms with E-state index in [-0.39, 0.29) is 0 Å². The Bertz CT molecular complexity index is 399. The van der Waals surface area contributed by atoms with Crippen LogP contribution in [-0.2, 0) is 7.05 Å². The topological polar surface area (TPSA) is 50.7 Å². The van der Waals surface area contributed by atoms with Crippen LogP contribution in [0.15, 0.2) is 12.3 Å². The van der Waals surface area contributed by atoms with Gasteiger partial charge in [0.2, 0.25) is 0 Å². The van der Waals surface area contributed by atoms with Crippen LogP contribution >= 0.6 is 0 Å². The van der Waals surface area contributed by atoms with Crippen LogP contribution in [0, 0.1) is 0 Å². The molecule has 2 aromatic rings. The lowest BCUT2D eigenvalue weighted by molar-refractivity contribution is 0.111. The van der Waals surface area contributed by atoms with Gasteiger partial charge in [-0.1, -0.05) is 0 Å². The molecule has 0 radical (unpaired) electrons. The number of fused-ring (bicyclic) bond motifs is 1. The van der Waals surface area contributed by atoms with E-state index >= 15 is 0 Å². The summed E-state index contributed by atoms with van der Waals surface area (Å²) < 4.78 is 1.70. The van der Waals surface area contributed by atoms with Crippen LogP contribution in [0.1, 0.15) is 10.5 Å². The average Bonchev–Trinajstić information content (AvgIpc) is 2.53. The van der Waals surface area contributed by atoms with E-state index in [1.54, 1.807) is 16.9 Å². The summed E-state index contributed by atoms with van der Waals surface area (Å²) in [6, 6.07) is 1.77. The SMILES string of the molecule is Cn1ncc2cc(C=O)[nH]c21. The van der Waals surface area contributed by atoms with Crippen molar-refractivity contribution in [3.8, 4) is 0 Å². The number of hydrogen-bond acceptors (Lipinski definition) is 2. The molecule has 0 unspecified atom stereocenters. The van der Waals surface area contributed by atoms with Crippen molar-refractivity contribution in [2.75, 3.05) is 0 Å². The van der Waals surface area contributed by atoms with Gasteiger partial charge >= 0.3 is 0 Å². The van der Waals surface area contributed by atoms with E-state index in [0.29, 0.717) is 5.69 Å². The highest BCUT2D eigenvalue weighted by atomic mass is 16.1. The van der Waals surface area contributed by atoms with Crippen molar-refractivity contribution in [1.82, 2.24) is 14.8 Å². The predicted octanol–water partition coefficient (Wildman–Crippen LogP) is 0.714. The van der Waals surface area contributed by atoms with Crippen LogP contribution in [0.25, 0.3) is 11.0 Å². The average molecular weight is 149 g/mol. The minimum atomic E-state index is 0.591. The Morgan fingerprint density at radius 3 is 3.18 bits per heavy atom. The summed E-state index contributed by atoms with van der Waals surface area (Å²) >= 11 is 0. The first kappa shape index (κ1) is 6.15. The number of nitrogens with one attached hydrogen (secondary N) is 1. The highest BCUT2D eigenvalue weighted by Gasteiger charge is 2.02. The summed E-state index contributed by atoms with van der Waals surface area (Å²) in [5.74, 6) is 0. The zero-order valence-corrected chi connectivity index (χ0v) is 6.03. The van der Waals surface area contributed by atoms with E-state index < -0.39 is 0 Å². The first-order valence-electron chi connectivity index (χ1n) is 3.27. The largest absolute Gasteiger partial charge is 0.337 e. The predicted molar refractivity (Wildman–Crippen MR) is 40.5 cm³/mol. The minimum absolute atomic E-state index is 0.591. The van der Waals surface area contributed by atoms with Crippen LogP contribution in [0.4, 0.5) is 0 Å². The quantitative estimate of drug-likeness (QED) is 0.607. The zero-order valence-electron chi connectivity index (χ0n) is 6.03. The molecule has 4 heteroatoms. The van der Waals surface area contributed by atoms with Crippen LogP contribution in [0.2, 0.25) is 0 Å². The first-order chi connectivity index (χ1) is 5.31. The highest BCUT2D eigenvalue weighted by Crippen LogP contribution is 2.11. The van der Waals surface area contributed by atoms with Crippen LogP contribution in [-0.4, -0.2) is 21.1 Å². The fourth-order valence-electron chi connectivity index (χ4n) is 1.12. The molecule has 2 aromatic heterocycles. The molecule has 0 aliphatic carbocycles. The Kier molecular flexibility index (Phi) is 1.09. The second-order valence-electron chi connectivity index (χ2n) is 2.41. The molecule has 1 N–H and O–H groups in total. The molecule has 0 aromatic carbocycles. The Morgan fingerprint density at radius 2 is 2.55 bits per heavy atom. The van der Waals surface area contributed by atoms with Gasteiger partial charge in [0, 0.05) is 12.4 Å². The van der Waals surface area contributed by atoms with Gasteiger partial charge in [0.05, 0.1) is 11.9 Å². The molecule has 11 heavy (non-hydrogen) atoms. The van der Waals surface area contributed by atoms with Gasteiger partial charge < -0.3 is 4.98 Å². The number of rotatable bonds is 1. The zero-order chi connectivity index (χ0) is 7.84. The minimum Gasteiger partial charge on any atom is -0.337 e. The lowest BCUT2D eigenvalue weighted by atomic mass is 10.4. The van der Waals surface area contributed by atoms with Crippen molar-refractivity contribution in [3.05, 3.63) is 18.0 Å². The Balaban J connectivity index is 2.79. The highest BCUT2D eigenvalue weighted by molar-refractivity contribution is 5.85. The molecule has 0 saturated heterocycles. The van der Waals surface area contributed by atoms with Crippen molar-refractivity contribution < 1.29 is 4.79 Å². The molecule has 2 rings (SSSR count). The molecule has 0 amide bonds. The molecular formula is C7H7N3O. The van der Waals surface area contributed by atoms with E-state index in [1.165, 1.54) is 0 Å². The Hall–Kier alpha value is -1.58. The summed E-state index contributed by atoms with van der Waals surface area (Å²) in [6.07, 6.45) is 2.51. The number of aldehydes is 1. The van der Waals surface area contributed by atoms with Crippen LogP contribution in [0.3, 0.4) is 0 Å². The lowest BCUT2D eigenvalue weighted by Crippen LogP contribution is -1.90. The lowest BCUT2D eigenvalue weighted by Gasteiger charge is -1.86. The van der Waals surface area contributed by atoms with Crippen molar-refractivity contribution in [2.45, 2.75) is 0 Å². The van der Waals surface area contributed by atoms with Crippen molar-refractivity contribution in [2.24, 2.45) is 7.05 Å². The van der Waals surface area contributed by atoms with Gasteiger partial charge in [-0.15, -0.1) is 0 Å². The number of aryl methyl sites for hydroxylation is 1. The van der Waals surface area contributed by atoms with Crippen molar-refractivity contribution in [1.29, 1.82) is 0 Å². The van der Waals surface area contributed by atoms with E-state index in [9.17, 15) is 4.79 Å². The molecule has 0 aliphatic rings. The number of carbonyl (C=O) groups is 1. The van der Waals surface area contributed by atoms with Crippen molar-refractivity contribution in [3.63, 3.8) is 0 Å². The van der Waals surface area contributed by atoms with Gasteiger partial charge in [-0.2, -0.15) is 5.10 Å². The number of aromatic nitrogens is 3. The molecule has 56 valence electrons. The van der Waals surface area contributed by atoms with Crippen LogP contribution in [0.5, 0.6) is 0 Å². The first-order valence-corrected chi connectivity index (χ1v) is 3.27. The van der Waals surface area contributed by atoms with E-state index in [4.69, 9.17) is 0 Å². The summed E-state index contributed by atoms with van der Waals surface area (Å²) in [4.78, 5) is 13.3. The standard InChI is InChI=1S/C7H7N3O/c1-10-7-5(3-8-10)2-6(4-11)9-7/h2-4,9H,1H3. The van der Waals surface area contributed by atoms with Gasteiger partial charge in [0.25, 0.3) is 0 Å². The third-order valence-corrected chi connectivity index (χ3v) is 1.67. The third kappa shape index (κ3) is 0.756. The summed E-state index contributed by atoms with van der Waals surface area (Å²) in [7, 11) is 1.83. The maximum absolute atomic E-state index is 10.3. The molecule has 0 fully saturated rings. The number of carbonyl (C=O) groups excluding carboxylic acids is 1. The maximum atomic E-state index is 10.3. The molecule has 0 atom stereocenters. The number of nitrogens with zero attached hydrogens (tertiary/aromatic N) is 2. The molecule has 2 heterocycles. The molecular weight excluding hydrogens is 142 g/mol. The normalized spacial score (nSPS) is 10.6. The van der Waals surface area contributed by atoms with E-state index in [1.807, 2.05) is 7.05 Å². The van der Waals surface area contributed by atoms with Gasteiger partial charge in [-0.05, 0) is 6.07 Å². The van der Waals surface area contributed by atoms with Gasteiger partial charge in [0.1, 0.15) is 5.65 Å². The smallest absolute Gasteiger partial charge is 0.166 e. The molecule has 0 aliphatic heterocycles. The maximum Gasteiger partial charge on any atom is 0.166 e. The number of hydrogen-bond donors (Lipinski definition) is 1. The number of H-pyrrole nitrogens is 1. The summed E-state index contributed by atoms with van der Waals surface area (Å²) in [5, 5.41) is 4.97. The Labute approximate surface area is 62.8 Å². The fraction of sp³-hybridized carbons (Fsp3) is 0.143. The Morgan fingerprint density at radius 1 is 1.73 bits per heavy atom. The summed E-state index contributed by atoms with van der Waals surface area (Å²) in [5.41, 5.74) is 1.47. The fourth-order valence-corrected chi connectivity index (χ4v) is 1.12. The molecule has 0 spiro atoms. The third-order valence-electron chi connectivity index (χ3n) is 1.67. The second-order valence-corrected chi connectivity index (χ2v) is 2.41. The van der Waals surface area contributed by atoms with E-state index in [0.717, 1.165) is 17.3 Å². The monoisotopic (exact) mass is 149 g/mol.